The summed E-state index contributed by atoms with van der Waals surface area (Å²) in [7, 11) is 0. The zero-order valence-electron chi connectivity index (χ0n) is 37.3. The molecule has 0 radical (unpaired) electrons. The number of benzene rings is 5. The van der Waals surface area contributed by atoms with Crippen LogP contribution in [-0.2, 0) is 56.0 Å². The SMILES string of the molecule is CC(C)C(=O)c1c[n+](Cc2ccccc2)ccn1.FC(F)(F)c1cc([B-](c2cc(C(F)(F)F)cc(C(F)(F)F)c2)(c2cc(C(F)(F)F)cc(C(F)(F)F)c2)c2cc(C(F)(F)F)cc(C(F)(F)F)c2)cc(C(F)(F)F)c1. The van der Waals surface area contributed by atoms with E-state index in [9.17, 15) is 110 Å². The molecule has 0 amide bonds. The third-order valence-electron chi connectivity index (χ3n) is 11.2. The van der Waals surface area contributed by atoms with E-state index in [1.807, 2.05) is 49.0 Å². The highest BCUT2D eigenvalue weighted by molar-refractivity contribution is 7.20. The minimum Gasteiger partial charge on any atom is -0.292 e. The lowest BCUT2D eigenvalue weighted by Crippen LogP contribution is -2.75. The number of carbonyl (C=O) groups excluding carboxylic acids is 1. The topological polar surface area (TPSA) is 33.8 Å². The van der Waals surface area contributed by atoms with Gasteiger partial charge in [-0.3, -0.25) is 4.79 Å². The van der Waals surface area contributed by atoms with Crippen molar-refractivity contribution in [2.24, 2.45) is 5.92 Å². The van der Waals surface area contributed by atoms with Crippen molar-refractivity contribution in [1.82, 2.24) is 4.98 Å². The van der Waals surface area contributed by atoms with Gasteiger partial charge in [0.2, 0.25) is 0 Å². The first-order valence-corrected chi connectivity index (χ1v) is 20.7. The zero-order valence-corrected chi connectivity index (χ0v) is 37.3. The number of nitrogens with zero attached hydrogens (tertiary/aromatic N) is 2. The lowest BCUT2D eigenvalue weighted by atomic mass is 9.12. The Kier molecular flexibility index (Phi) is 16.1. The van der Waals surface area contributed by atoms with Gasteiger partial charge in [0.25, 0.3) is 0 Å². The summed E-state index contributed by atoms with van der Waals surface area (Å²) in [5.41, 5.74) is -28.5. The number of aromatic nitrogens is 2. The molecular weight excluding hydrogens is 1080 g/mol. The van der Waals surface area contributed by atoms with Crippen LogP contribution in [0.25, 0.3) is 0 Å². The van der Waals surface area contributed by atoms with Crippen molar-refractivity contribution < 1.29 is 115 Å². The van der Waals surface area contributed by atoms with E-state index in [4.69, 9.17) is 0 Å². The maximum Gasteiger partial charge on any atom is 0.416 e. The van der Waals surface area contributed by atoms with Crippen molar-refractivity contribution in [3.8, 4) is 0 Å². The van der Waals surface area contributed by atoms with Gasteiger partial charge in [-0.2, -0.15) is 132 Å². The molecule has 75 heavy (non-hydrogen) atoms. The van der Waals surface area contributed by atoms with Crippen LogP contribution in [0, 0.1) is 5.92 Å². The second-order valence-corrected chi connectivity index (χ2v) is 16.8. The van der Waals surface area contributed by atoms with Gasteiger partial charge in [0.15, 0.2) is 30.4 Å². The Balaban J connectivity index is 0.000000483. The van der Waals surface area contributed by atoms with E-state index < -0.39 is 195 Å². The molecule has 0 saturated carbocycles. The Bertz CT molecular complexity index is 2580. The number of hydrogen-bond donors (Lipinski definition) is 0. The van der Waals surface area contributed by atoms with Gasteiger partial charge in [0.1, 0.15) is 6.15 Å². The average Bonchev–Trinajstić information content (AvgIpc) is 3.27. The maximum absolute atomic E-state index is 14.2. The fourth-order valence-electron chi connectivity index (χ4n) is 7.82. The van der Waals surface area contributed by atoms with Crippen molar-refractivity contribution in [2.75, 3.05) is 0 Å². The Labute approximate surface area is 406 Å². The summed E-state index contributed by atoms with van der Waals surface area (Å²) in [6.07, 6.45) is -49.4. The van der Waals surface area contributed by atoms with Gasteiger partial charge in [0, 0.05) is 11.5 Å². The predicted molar refractivity (Wildman–Crippen MR) is 219 cm³/mol. The van der Waals surface area contributed by atoms with Gasteiger partial charge in [0.05, 0.1) is 50.7 Å². The van der Waals surface area contributed by atoms with Gasteiger partial charge >= 0.3 is 49.4 Å². The van der Waals surface area contributed by atoms with Gasteiger partial charge in [-0.1, -0.05) is 92.7 Å². The van der Waals surface area contributed by atoms with Crippen molar-refractivity contribution in [3.63, 3.8) is 0 Å². The highest BCUT2D eigenvalue weighted by Crippen LogP contribution is 2.41. The molecule has 0 bridgehead atoms. The molecule has 404 valence electrons. The number of ketones is 1. The molecule has 0 fully saturated rings. The smallest absolute Gasteiger partial charge is 0.292 e. The number of halogens is 24. The molecule has 1 aromatic heterocycles. The molecule has 0 atom stereocenters. The molecule has 5 aromatic carbocycles. The van der Waals surface area contributed by atoms with Crippen LogP contribution in [0.3, 0.4) is 0 Å². The van der Waals surface area contributed by atoms with Crippen LogP contribution in [0.5, 0.6) is 0 Å². The Morgan fingerprint density at radius 3 is 0.907 bits per heavy atom. The number of Topliss-reactive ketones (excluding diaryl/α,β-unsaturated/α-hetero) is 1. The first-order valence-electron chi connectivity index (χ1n) is 20.7. The van der Waals surface area contributed by atoms with Gasteiger partial charge in [-0.15, -0.1) is 0 Å². The average molecular weight is 1100 g/mol. The second kappa shape index (κ2) is 20.4. The summed E-state index contributed by atoms with van der Waals surface area (Å²) in [6, 6.07) is 1.34. The lowest BCUT2D eigenvalue weighted by Gasteiger charge is -2.46. The van der Waals surface area contributed by atoms with Crippen LogP contribution in [0.4, 0.5) is 105 Å². The summed E-state index contributed by atoms with van der Waals surface area (Å²) in [4.78, 5) is 16.0. The van der Waals surface area contributed by atoms with Crippen LogP contribution in [0.2, 0.25) is 0 Å². The summed E-state index contributed by atoms with van der Waals surface area (Å²) < 4.78 is 343. The molecule has 0 N–H and O–H groups in total. The molecule has 0 aliphatic carbocycles. The third-order valence-corrected chi connectivity index (χ3v) is 11.2. The minimum absolute atomic E-state index is 0.0231. The predicted octanol–water partition coefficient (Wildman–Crippen LogP) is 13.5. The van der Waals surface area contributed by atoms with Gasteiger partial charge in [-0.25, -0.2) is 4.98 Å². The van der Waals surface area contributed by atoms with Crippen LogP contribution in [0.15, 0.2) is 122 Å². The van der Waals surface area contributed by atoms with E-state index in [2.05, 4.69) is 17.1 Å². The van der Waals surface area contributed by atoms with E-state index in [0.717, 1.165) is 6.54 Å². The van der Waals surface area contributed by atoms with Crippen LogP contribution >= 0.6 is 0 Å². The van der Waals surface area contributed by atoms with Gasteiger partial charge < -0.3 is 0 Å². The Morgan fingerprint density at radius 2 is 0.680 bits per heavy atom. The Hall–Kier alpha value is -6.77. The fraction of sp³-hybridized carbons (Fsp3) is 0.255. The standard InChI is InChI=1S/C32H12BF24.C15H17N2O/c34-25(35,36)13-1-14(26(37,38)39)6-21(5-13)33(22-7-15(27(40,41)42)2-16(8-22)28(43,44)45,23-9-17(29(46,47)48)3-18(10-23)30(49,50)51)24-11-19(31(52,53)54)4-20(12-24)32(55,56)57;1-12(2)15(18)14-11-17(9-8-16-14)10-13-6-4-3-5-7-13/h1-12H;3-9,11-12H,10H2,1-2H3/q-1;+1. The summed E-state index contributed by atoms with van der Waals surface area (Å²) in [5.74, 6) is 0.0579. The minimum atomic E-state index is -6.13. The van der Waals surface area contributed by atoms with E-state index in [1.165, 1.54) is 5.56 Å². The fourth-order valence-corrected chi connectivity index (χ4v) is 7.82. The Morgan fingerprint density at radius 1 is 0.427 bits per heavy atom. The highest BCUT2D eigenvalue weighted by Gasteiger charge is 2.47. The molecule has 6 rings (SSSR count). The van der Waals surface area contributed by atoms with Gasteiger partial charge in [-0.05, 0) is 24.3 Å². The molecule has 0 spiro atoms. The van der Waals surface area contributed by atoms with E-state index in [0.29, 0.717) is 5.69 Å². The largest absolute Gasteiger partial charge is 0.416 e. The molecule has 0 saturated heterocycles. The first kappa shape index (κ1) is 59.1. The van der Waals surface area contributed by atoms with Crippen molar-refractivity contribution in [1.29, 1.82) is 0 Å². The zero-order chi connectivity index (χ0) is 56.9. The molecule has 0 unspecified atom stereocenters. The quantitative estimate of drug-likeness (QED) is 0.0659. The molecule has 3 nitrogen and oxygen atoms in total. The summed E-state index contributed by atoms with van der Waals surface area (Å²) in [5, 5.41) is 0. The molecule has 28 heteroatoms. The molecule has 0 aliphatic heterocycles. The number of hydrogen-bond acceptors (Lipinski definition) is 2. The summed E-state index contributed by atoms with van der Waals surface area (Å²) >= 11 is 0. The normalized spacial score (nSPS) is 13.4. The number of carbonyl (C=O) groups is 1. The molecule has 6 aromatic rings. The lowest BCUT2D eigenvalue weighted by molar-refractivity contribution is -0.689. The van der Waals surface area contributed by atoms with E-state index in [-0.39, 0.29) is 11.7 Å². The molecule has 1 heterocycles. The van der Waals surface area contributed by atoms with Crippen LogP contribution < -0.4 is 26.4 Å². The second-order valence-electron chi connectivity index (χ2n) is 16.8. The van der Waals surface area contributed by atoms with Crippen LogP contribution in [-0.4, -0.2) is 16.9 Å². The molecule has 0 aliphatic rings. The van der Waals surface area contributed by atoms with Crippen LogP contribution in [0.1, 0.15) is 74.4 Å². The summed E-state index contributed by atoms with van der Waals surface area (Å²) in [6.45, 7) is 4.53. The van der Waals surface area contributed by atoms with E-state index >= 15 is 0 Å². The number of rotatable bonds is 8. The number of alkyl halides is 24. The van der Waals surface area contributed by atoms with Crippen molar-refractivity contribution >= 4 is 33.8 Å². The van der Waals surface area contributed by atoms with Crippen molar-refractivity contribution in [3.05, 3.63) is 177 Å². The maximum atomic E-state index is 14.2. The monoisotopic (exact) mass is 1100 g/mol. The van der Waals surface area contributed by atoms with E-state index in [1.54, 1.807) is 6.20 Å². The first-order chi connectivity index (χ1) is 33.9. The molecular formula is C47H29BF24N2O. The highest BCUT2D eigenvalue weighted by atomic mass is 19.4. The van der Waals surface area contributed by atoms with Crippen molar-refractivity contribution in [2.45, 2.75) is 69.8 Å². The third kappa shape index (κ3) is 13.9.